The standard InChI is InChI=1S/C17H24N2O5S/c1-17(2,3)24-19(12-20)15(11-14-7-5-4-6-8-14)16(21)18-9-10-25(22,23)13-18/h4-8,12,15H,9-11,13H2,1-3H3. The summed E-state index contributed by atoms with van der Waals surface area (Å²) in [5, 5.41) is 1.00. The van der Waals surface area contributed by atoms with E-state index in [1.165, 1.54) is 4.90 Å². The topological polar surface area (TPSA) is 84.0 Å². The van der Waals surface area contributed by atoms with E-state index in [4.69, 9.17) is 4.84 Å². The fourth-order valence-electron chi connectivity index (χ4n) is 2.60. The summed E-state index contributed by atoms with van der Waals surface area (Å²) in [6, 6.07) is 8.31. The van der Waals surface area contributed by atoms with Crippen LogP contribution in [0.5, 0.6) is 0 Å². The van der Waals surface area contributed by atoms with E-state index in [-0.39, 0.29) is 24.6 Å². The number of hydroxylamine groups is 2. The molecular weight excluding hydrogens is 344 g/mol. The van der Waals surface area contributed by atoms with E-state index >= 15 is 0 Å². The Morgan fingerprint density at radius 2 is 1.96 bits per heavy atom. The molecule has 1 unspecified atom stereocenters. The fourth-order valence-corrected chi connectivity index (χ4v) is 3.96. The molecule has 1 atom stereocenters. The number of nitrogens with zero attached hydrogens (tertiary/aromatic N) is 2. The van der Waals surface area contributed by atoms with Crippen molar-refractivity contribution in [3.63, 3.8) is 0 Å². The predicted molar refractivity (Wildman–Crippen MR) is 93.0 cm³/mol. The Bertz CT molecular complexity index is 712. The number of carbonyl (C=O) groups excluding carboxylic acids is 2. The molecule has 1 saturated heterocycles. The predicted octanol–water partition coefficient (Wildman–Crippen LogP) is 1.00. The smallest absolute Gasteiger partial charge is 0.249 e. The summed E-state index contributed by atoms with van der Waals surface area (Å²) in [7, 11) is -3.26. The van der Waals surface area contributed by atoms with E-state index in [2.05, 4.69) is 0 Å². The minimum atomic E-state index is -3.26. The van der Waals surface area contributed by atoms with Crippen LogP contribution in [0.3, 0.4) is 0 Å². The third-order valence-electron chi connectivity index (χ3n) is 3.68. The lowest BCUT2D eigenvalue weighted by molar-refractivity contribution is -0.232. The molecule has 25 heavy (non-hydrogen) atoms. The number of amides is 2. The van der Waals surface area contributed by atoms with Gasteiger partial charge in [0, 0.05) is 13.0 Å². The SMILES string of the molecule is CC(C)(C)ON(C=O)C(Cc1ccccc1)C(=O)N1CCS(=O)(=O)C1. The molecule has 1 aliphatic rings. The summed E-state index contributed by atoms with van der Waals surface area (Å²) in [6.45, 7) is 5.45. The van der Waals surface area contributed by atoms with Crippen LogP contribution in [-0.4, -0.2) is 60.5 Å². The van der Waals surface area contributed by atoms with Gasteiger partial charge in [0.25, 0.3) is 0 Å². The van der Waals surface area contributed by atoms with Crippen molar-refractivity contribution in [3.05, 3.63) is 35.9 Å². The first-order chi connectivity index (χ1) is 11.6. The lowest BCUT2D eigenvalue weighted by atomic mass is 10.0. The van der Waals surface area contributed by atoms with Crippen molar-refractivity contribution in [1.82, 2.24) is 9.96 Å². The first-order valence-electron chi connectivity index (χ1n) is 8.07. The van der Waals surface area contributed by atoms with E-state index in [0.29, 0.717) is 6.41 Å². The average Bonchev–Trinajstić information content (AvgIpc) is 2.90. The van der Waals surface area contributed by atoms with Crippen molar-refractivity contribution in [2.24, 2.45) is 0 Å². The Labute approximate surface area is 148 Å². The quantitative estimate of drug-likeness (QED) is 0.552. The van der Waals surface area contributed by atoms with Gasteiger partial charge in [0.1, 0.15) is 11.9 Å². The third kappa shape index (κ3) is 5.54. The third-order valence-corrected chi connectivity index (χ3v) is 5.19. The van der Waals surface area contributed by atoms with Gasteiger partial charge < -0.3 is 4.90 Å². The zero-order valence-electron chi connectivity index (χ0n) is 14.7. The van der Waals surface area contributed by atoms with Gasteiger partial charge in [-0.2, -0.15) is 0 Å². The highest BCUT2D eigenvalue weighted by Crippen LogP contribution is 2.19. The first kappa shape index (κ1) is 19.4. The molecule has 7 nitrogen and oxygen atoms in total. The summed E-state index contributed by atoms with van der Waals surface area (Å²) < 4.78 is 23.4. The number of carbonyl (C=O) groups is 2. The molecule has 0 N–H and O–H groups in total. The van der Waals surface area contributed by atoms with Gasteiger partial charge in [0.15, 0.2) is 9.84 Å². The number of benzene rings is 1. The largest absolute Gasteiger partial charge is 0.325 e. The van der Waals surface area contributed by atoms with Crippen LogP contribution >= 0.6 is 0 Å². The molecule has 2 amide bonds. The van der Waals surface area contributed by atoms with Crippen LogP contribution < -0.4 is 0 Å². The maximum atomic E-state index is 12.9. The van der Waals surface area contributed by atoms with Gasteiger partial charge in [0.05, 0.1) is 11.4 Å². The van der Waals surface area contributed by atoms with Crippen molar-refractivity contribution in [2.75, 3.05) is 18.2 Å². The second-order valence-electron chi connectivity index (χ2n) is 7.05. The molecule has 2 rings (SSSR count). The Hall–Kier alpha value is -1.93. The molecule has 0 spiro atoms. The lowest BCUT2D eigenvalue weighted by Gasteiger charge is -2.33. The molecule has 0 aliphatic carbocycles. The maximum absolute atomic E-state index is 12.9. The molecule has 1 fully saturated rings. The van der Waals surface area contributed by atoms with Crippen molar-refractivity contribution in [1.29, 1.82) is 0 Å². The Balaban J connectivity index is 2.27. The van der Waals surface area contributed by atoms with Gasteiger partial charge in [-0.1, -0.05) is 30.3 Å². The van der Waals surface area contributed by atoms with Crippen LogP contribution in [0.25, 0.3) is 0 Å². The van der Waals surface area contributed by atoms with Gasteiger partial charge in [-0.25, -0.2) is 13.5 Å². The van der Waals surface area contributed by atoms with Crippen molar-refractivity contribution >= 4 is 22.2 Å². The summed E-state index contributed by atoms with van der Waals surface area (Å²) >= 11 is 0. The molecule has 1 aliphatic heterocycles. The van der Waals surface area contributed by atoms with Crippen molar-refractivity contribution < 1.29 is 22.8 Å². The molecule has 1 aromatic carbocycles. The highest BCUT2D eigenvalue weighted by atomic mass is 32.2. The molecule has 0 aromatic heterocycles. The Morgan fingerprint density at radius 3 is 2.44 bits per heavy atom. The van der Waals surface area contributed by atoms with Crippen LogP contribution in [-0.2, 0) is 30.7 Å². The van der Waals surface area contributed by atoms with E-state index in [1.54, 1.807) is 20.8 Å². The molecule has 0 radical (unpaired) electrons. The summed E-state index contributed by atoms with van der Waals surface area (Å²) in [6.07, 6.45) is 0.715. The highest BCUT2D eigenvalue weighted by Gasteiger charge is 2.37. The summed E-state index contributed by atoms with van der Waals surface area (Å²) in [4.78, 5) is 31.4. The Kier molecular flexibility index (Phi) is 5.84. The number of rotatable bonds is 6. The number of hydrogen-bond acceptors (Lipinski definition) is 5. The van der Waals surface area contributed by atoms with Gasteiger partial charge >= 0.3 is 0 Å². The zero-order valence-corrected chi connectivity index (χ0v) is 15.5. The zero-order chi connectivity index (χ0) is 18.7. The second-order valence-corrected chi connectivity index (χ2v) is 9.21. The normalized spacial score (nSPS) is 18.0. The minimum Gasteiger partial charge on any atom is -0.325 e. The average molecular weight is 368 g/mol. The molecule has 0 bridgehead atoms. The molecule has 1 aromatic rings. The van der Waals surface area contributed by atoms with Crippen LogP contribution in [0.1, 0.15) is 26.3 Å². The molecule has 138 valence electrons. The fraction of sp³-hybridized carbons (Fsp3) is 0.529. The van der Waals surface area contributed by atoms with E-state index in [0.717, 1.165) is 10.6 Å². The van der Waals surface area contributed by atoms with Crippen LogP contribution in [0.2, 0.25) is 0 Å². The summed E-state index contributed by atoms with van der Waals surface area (Å²) in [5.74, 6) is -0.807. The van der Waals surface area contributed by atoms with Crippen LogP contribution in [0.15, 0.2) is 30.3 Å². The summed E-state index contributed by atoms with van der Waals surface area (Å²) in [5.41, 5.74) is 0.181. The van der Waals surface area contributed by atoms with Gasteiger partial charge in [-0.05, 0) is 26.3 Å². The van der Waals surface area contributed by atoms with Crippen molar-refractivity contribution in [3.8, 4) is 0 Å². The molecule has 8 heteroatoms. The minimum absolute atomic E-state index is 0.0575. The molecular formula is C17H24N2O5S. The van der Waals surface area contributed by atoms with Gasteiger partial charge in [-0.3, -0.25) is 14.4 Å². The molecule has 1 heterocycles. The van der Waals surface area contributed by atoms with E-state index in [9.17, 15) is 18.0 Å². The number of sulfone groups is 1. The second kappa shape index (κ2) is 7.53. The van der Waals surface area contributed by atoms with E-state index in [1.807, 2.05) is 30.3 Å². The van der Waals surface area contributed by atoms with Gasteiger partial charge in [-0.15, -0.1) is 0 Å². The van der Waals surface area contributed by atoms with E-state index < -0.39 is 27.4 Å². The maximum Gasteiger partial charge on any atom is 0.249 e. The van der Waals surface area contributed by atoms with Crippen molar-refractivity contribution in [2.45, 2.75) is 38.8 Å². The highest BCUT2D eigenvalue weighted by molar-refractivity contribution is 7.91. The Morgan fingerprint density at radius 1 is 1.32 bits per heavy atom. The molecule has 0 saturated carbocycles. The monoisotopic (exact) mass is 368 g/mol. The van der Waals surface area contributed by atoms with Crippen LogP contribution in [0, 0.1) is 0 Å². The first-order valence-corrected chi connectivity index (χ1v) is 9.89. The number of hydrogen-bond donors (Lipinski definition) is 0. The van der Waals surface area contributed by atoms with Crippen LogP contribution in [0.4, 0.5) is 0 Å². The lowest BCUT2D eigenvalue weighted by Crippen LogP contribution is -2.51. The van der Waals surface area contributed by atoms with Gasteiger partial charge in [0.2, 0.25) is 12.3 Å².